The average Bonchev–Trinajstić information content (AvgIpc) is 2.70. The van der Waals surface area contributed by atoms with E-state index in [1.54, 1.807) is 0 Å². The van der Waals surface area contributed by atoms with Gasteiger partial charge in [-0.25, -0.2) is 0 Å². The van der Waals surface area contributed by atoms with Crippen molar-refractivity contribution in [3.8, 4) is 0 Å². The lowest BCUT2D eigenvalue weighted by molar-refractivity contribution is 0.854. The van der Waals surface area contributed by atoms with Crippen LogP contribution in [0.1, 0.15) is 102 Å². The monoisotopic (exact) mass is 418 g/mol. The zero-order chi connectivity index (χ0) is 23.0. The van der Waals surface area contributed by atoms with Crippen LogP contribution in [0, 0.1) is 0 Å². The van der Waals surface area contributed by atoms with Gasteiger partial charge in [0.2, 0.25) is 0 Å². The van der Waals surface area contributed by atoms with E-state index >= 15 is 0 Å². The third kappa shape index (κ3) is 6.82. The molecule has 2 rings (SSSR count). The molecule has 0 aliphatic rings. The minimum absolute atomic E-state index is 0.459. The summed E-state index contributed by atoms with van der Waals surface area (Å²) in [5.74, 6) is 0.942. The molecule has 31 heavy (non-hydrogen) atoms. The Kier molecular flexibility index (Phi) is 9.55. The Hall–Kier alpha value is -2.35. The SMILES string of the molecule is CCCc1cccc(C(C)C)c1N=C(C)/C=C(/C)Nc1c(CCC)cccc1C(C)C. The molecule has 168 valence electrons. The molecule has 0 amide bonds. The number of aliphatic imine (C=N–C) groups is 1. The van der Waals surface area contributed by atoms with Gasteiger partial charge < -0.3 is 5.32 Å². The molecule has 2 heteroatoms. The fraction of sp³-hybridized carbons (Fsp3) is 0.483. The number of hydrogen-bond acceptors (Lipinski definition) is 2. The van der Waals surface area contributed by atoms with E-state index in [1.165, 1.54) is 27.9 Å². The van der Waals surface area contributed by atoms with Gasteiger partial charge >= 0.3 is 0 Å². The highest BCUT2D eigenvalue weighted by Crippen LogP contribution is 2.32. The first-order valence-corrected chi connectivity index (χ1v) is 12.0. The van der Waals surface area contributed by atoms with E-state index in [2.05, 4.69) is 103 Å². The molecular weight excluding hydrogens is 376 g/mol. The van der Waals surface area contributed by atoms with Crippen LogP contribution in [-0.2, 0) is 12.8 Å². The van der Waals surface area contributed by atoms with E-state index in [0.717, 1.165) is 42.8 Å². The molecule has 0 aromatic heterocycles. The first-order valence-electron chi connectivity index (χ1n) is 12.0. The molecule has 0 atom stereocenters. The van der Waals surface area contributed by atoms with Gasteiger partial charge in [-0.1, -0.05) is 90.8 Å². The highest BCUT2D eigenvalue weighted by atomic mass is 14.9. The predicted octanol–water partition coefficient (Wildman–Crippen LogP) is 8.95. The third-order valence-corrected chi connectivity index (χ3v) is 5.65. The average molecular weight is 419 g/mol. The zero-order valence-corrected chi connectivity index (χ0v) is 21.0. The van der Waals surface area contributed by atoms with Crippen LogP contribution in [0.5, 0.6) is 0 Å². The van der Waals surface area contributed by atoms with E-state index in [-0.39, 0.29) is 0 Å². The van der Waals surface area contributed by atoms with Gasteiger partial charge in [-0.15, -0.1) is 0 Å². The van der Waals surface area contributed by atoms with Crippen LogP contribution < -0.4 is 5.32 Å². The summed E-state index contributed by atoms with van der Waals surface area (Å²) in [6.07, 6.45) is 6.61. The molecule has 0 aliphatic carbocycles. The second-order valence-electron chi connectivity index (χ2n) is 9.25. The number of aryl methyl sites for hydroxylation is 2. The van der Waals surface area contributed by atoms with E-state index in [9.17, 15) is 0 Å². The number of para-hydroxylation sites is 2. The molecule has 0 spiro atoms. The van der Waals surface area contributed by atoms with Gasteiger partial charge in [0, 0.05) is 17.1 Å². The summed E-state index contributed by atoms with van der Waals surface area (Å²) in [5.41, 5.74) is 10.1. The second-order valence-corrected chi connectivity index (χ2v) is 9.25. The summed E-state index contributed by atoms with van der Waals surface area (Å²) in [6.45, 7) is 17.8. The Labute approximate surface area is 190 Å². The Morgan fingerprint density at radius 1 is 0.839 bits per heavy atom. The van der Waals surface area contributed by atoms with Crippen LogP contribution in [-0.4, -0.2) is 5.71 Å². The maximum atomic E-state index is 5.10. The number of anilines is 1. The van der Waals surface area contributed by atoms with E-state index in [0.29, 0.717) is 11.8 Å². The number of nitrogens with one attached hydrogen (secondary N) is 1. The van der Waals surface area contributed by atoms with Crippen LogP contribution in [0.3, 0.4) is 0 Å². The molecule has 0 saturated heterocycles. The molecule has 0 bridgehead atoms. The molecule has 2 aromatic rings. The predicted molar refractivity (Wildman–Crippen MR) is 139 cm³/mol. The minimum atomic E-state index is 0.459. The molecule has 0 aliphatic heterocycles. The van der Waals surface area contributed by atoms with E-state index in [1.807, 2.05) is 0 Å². The summed E-state index contributed by atoms with van der Waals surface area (Å²) in [4.78, 5) is 5.10. The van der Waals surface area contributed by atoms with Crippen molar-refractivity contribution < 1.29 is 0 Å². The lowest BCUT2D eigenvalue weighted by Gasteiger charge is -2.19. The normalized spacial score (nSPS) is 12.7. The summed E-state index contributed by atoms with van der Waals surface area (Å²) >= 11 is 0. The summed E-state index contributed by atoms with van der Waals surface area (Å²) in [5, 5.41) is 3.72. The molecule has 0 saturated carbocycles. The topological polar surface area (TPSA) is 24.4 Å². The van der Waals surface area contributed by atoms with Crippen molar-refractivity contribution in [1.29, 1.82) is 0 Å². The van der Waals surface area contributed by atoms with Crippen molar-refractivity contribution in [1.82, 2.24) is 0 Å². The van der Waals surface area contributed by atoms with Gasteiger partial charge in [-0.2, -0.15) is 0 Å². The van der Waals surface area contributed by atoms with E-state index < -0.39 is 0 Å². The number of benzene rings is 2. The van der Waals surface area contributed by atoms with Crippen molar-refractivity contribution in [3.05, 3.63) is 70.4 Å². The van der Waals surface area contributed by atoms with E-state index in [4.69, 9.17) is 4.99 Å². The second kappa shape index (κ2) is 11.9. The van der Waals surface area contributed by atoms with Crippen molar-refractivity contribution in [2.45, 2.75) is 92.9 Å². The summed E-state index contributed by atoms with van der Waals surface area (Å²) < 4.78 is 0. The highest BCUT2D eigenvalue weighted by molar-refractivity contribution is 5.96. The maximum absolute atomic E-state index is 5.10. The molecule has 0 heterocycles. The molecule has 0 radical (unpaired) electrons. The van der Waals surface area contributed by atoms with Crippen LogP contribution in [0.2, 0.25) is 0 Å². The van der Waals surface area contributed by atoms with Crippen molar-refractivity contribution in [2.75, 3.05) is 5.32 Å². The number of nitrogens with zero attached hydrogens (tertiary/aromatic N) is 1. The Balaban J connectivity index is 2.41. The maximum Gasteiger partial charge on any atom is 0.0699 e. The van der Waals surface area contributed by atoms with Gasteiger partial charge in [0.1, 0.15) is 0 Å². The molecule has 0 unspecified atom stereocenters. The number of allylic oxidation sites excluding steroid dienone is 2. The fourth-order valence-electron chi connectivity index (χ4n) is 4.17. The first kappa shape index (κ1) is 24.9. The number of hydrogen-bond donors (Lipinski definition) is 1. The quantitative estimate of drug-likeness (QED) is 0.382. The first-order chi connectivity index (χ1) is 14.8. The highest BCUT2D eigenvalue weighted by Gasteiger charge is 2.12. The minimum Gasteiger partial charge on any atom is -0.359 e. The molecule has 2 nitrogen and oxygen atoms in total. The van der Waals surface area contributed by atoms with Crippen molar-refractivity contribution >= 4 is 17.1 Å². The van der Waals surface area contributed by atoms with Crippen molar-refractivity contribution in [3.63, 3.8) is 0 Å². The molecular formula is C29H42N2. The van der Waals surface area contributed by atoms with Crippen LogP contribution in [0.25, 0.3) is 0 Å². The summed E-state index contributed by atoms with van der Waals surface area (Å²) in [6, 6.07) is 13.3. The largest absolute Gasteiger partial charge is 0.359 e. The molecule has 2 aromatic carbocycles. The van der Waals surface area contributed by atoms with Gasteiger partial charge in [0.25, 0.3) is 0 Å². The van der Waals surface area contributed by atoms with Gasteiger partial charge in [0.15, 0.2) is 0 Å². The van der Waals surface area contributed by atoms with Crippen LogP contribution in [0.15, 0.2) is 53.2 Å². The smallest absolute Gasteiger partial charge is 0.0699 e. The lowest BCUT2D eigenvalue weighted by Crippen LogP contribution is -2.06. The third-order valence-electron chi connectivity index (χ3n) is 5.65. The Bertz CT molecular complexity index is 916. The standard InChI is InChI=1S/C29H42N2/c1-9-13-24-15-11-17-26(20(3)4)28(24)30-22(7)19-23(8)31-29-25(14-10-2)16-12-18-27(29)21(5)6/h11-12,15-21,30H,9-10,13-14H2,1-8H3/b22-19-,31-23?. The fourth-order valence-corrected chi connectivity index (χ4v) is 4.17. The Morgan fingerprint density at radius 3 is 1.97 bits per heavy atom. The molecule has 1 N–H and O–H groups in total. The zero-order valence-electron chi connectivity index (χ0n) is 21.0. The van der Waals surface area contributed by atoms with Crippen molar-refractivity contribution in [2.24, 2.45) is 4.99 Å². The van der Waals surface area contributed by atoms with Gasteiger partial charge in [0.05, 0.1) is 5.69 Å². The summed E-state index contributed by atoms with van der Waals surface area (Å²) in [7, 11) is 0. The lowest BCUT2D eigenvalue weighted by atomic mass is 9.95. The Morgan fingerprint density at radius 2 is 1.39 bits per heavy atom. The molecule has 0 fully saturated rings. The van der Waals surface area contributed by atoms with Gasteiger partial charge in [-0.05, 0) is 66.9 Å². The number of rotatable bonds is 10. The van der Waals surface area contributed by atoms with Crippen LogP contribution >= 0.6 is 0 Å². The van der Waals surface area contributed by atoms with Gasteiger partial charge in [-0.3, -0.25) is 4.99 Å². The van der Waals surface area contributed by atoms with Crippen LogP contribution in [0.4, 0.5) is 11.4 Å².